The molecule has 2 rings (SSSR count). The lowest BCUT2D eigenvalue weighted by atomic mass is 9.89. The summed E-state index contributed by atoms with van der Waals surface area (Å²) in [6.07, 6.45) is 3.31. The summed E-state index contributed by atoms with van der Waals surface area (Å²) in [5.41, 5.74) is 0.210. The van der Waals surface area contributed by atoms with Crippen molar-refractivity contribution in [2.24, 2.45) is 5.41 Å². The molecule has 1 amide bonds. The number of nitrogens with zero attached hydrogens (tertiary/aromatic N) is 2. The monoisotopic (exact) mass is 287 g/mol. The molecule has 0 atom stereocenters. The molecule has 0 aliphatic heterocycles. The normalized spacial score (nSPS) is 11.1. The Hall–Kier alpha value is -2.63. The summed E-state index contributed by atoms with van der Waals surface area (Å²) in [5, 5.41) is 15.9. The van der Waals surface area contributed by atoms with Crippen LogP contribution in [-0.2, 0) is 9.59 Å². The van der Waals surface area contributed by atoms with Crippen molar-refractivity contribution in [3.63, 3.8) is 0 Å². The van der Waals surface area contributed by atoms with Crippen LogP contribution in [0, 0.1) is 5.41 Å². The van der Waals surface area contributed by atoms with E-state index in [1.807, 2.05) is 12.1 Å². The molecule has 1 heterocycles. The summed E-state index contributed by atoms with van der Waals surface area (Å²) in [6, 6.07) is 9.00. The largest absolute Gasteiger partial charge is 0.481 e. The first-order chi connectivity index (χ1) is 9.90. The molecule has 6 heteroatoms. The number of anilines is 1. The van der Waals surface area contributed by atoms with Crippen molar-refractivity contribution in [1.82, 2.24) is 9.78 Å². The Balaban J connectivity index is 2.17. The molecule has 21 heavy (non-hydrogen) atoms. The molecule has 0 unspecified atom stereocenters. The molecule has 0 fully saturated rings. The minimum absolute atomic E-state index is 0.101. The van der Waals surface area contributed by atoms with Crippen molar-refractivity contribution >= 4 is 17.6 Å². The molecule has 1 aromatic heterocycles. The maximum atomic E-state index is 12.1. The molecule has 0 aliphatic carbocycles. The Kier molecular flexibility index (Phi) is 4.07. The van der Waals surface area contributed by atoms with Gasteiger partial charge in [0.05, 0.1) is 16.8 Å². The highest BCUT2D eigenvalue weighted by Crippen LogP contribution is 2.23. The van der Waals surface area contributed by atoms with Gasteiger partial charge >= 0.3 is 5.97 Å². The number of carboxylic acids is 1. The second kappa shape index (κ2) is 5.78. The van der Waals surface area contributed by atoms with Gasteiger partial charge in [-0.05, 0) is 32.0 Å². The number of amides is 1. The fourth-order valence-electron chi connectivity index (χ4n) is 1.86. The van der Waals surface area contributed by atoms with E-state index in [0.717, 1.165) is 5.69 Å². The number of carbonyl (C=O) groups excluding carboxylic acids is 1. The number of aromatic nitrogens is 2. The first-order valence-electron chi connectivity index (χ1n) is 6.52. The summed E-state index contributed by atoms with van der Waals surface area (Å²) in [4.78, 5) is 23.1. The number of carboxylic acid groups (broad SMARTS) is 1. The molecule has 1 aromatic carbocycles. The lowest BCUT2D eigenvalue weighted by Crippen LogP contribution is -2.29. The first-order valence-corrected chi connectivity index (χ1v) is 6.52. The van der Waals surface area contributed by atoms with Gasteiger partial charge in [-0.3, -0.25) is 9.59 Å². The number of para-hydroxylation sites is 2. The highest BCUT2D eigenvalue weighted by Gasteiger charge is 2.30. The van der Waals surface area contributed by atoms with E-state index in [0.29, 0.717) is 5.69 Å². The number of aliphatic carboxylic acids is 1. The first kappa shape index (κ1) is 14.8. The van der Waals surface area contributed by atoms with Crippen molar-refractivity contribution in [2.45, 2.75) is 20.3 Å². The number of benzene rings is 1. The molecule has 6 nitrogen and oxygen atoms in total. The zero-order valence-electron chi connectivity index (χ0n) is 11.9. The molecule has 0 bridgehead atoms. The van der Waals surface area contributed by atoms with Gasteiger partial charge in [-0.15, -0.1) is 0 Å². The van der Waals surface area contributed by atoms with Crippen LogP contribution in [0.5, 0.6) is 0 Å². The molecule has 0 radical (unpaired) electrons. The molecule has 2 aromatic rings. The molecular formula is C15H17N3O3. The number of carbonyl (C=O) groups is 2. The Morgan fingerprint density at radius 1 is 1.29 bits per heavy atom. The van der Waals surface area contributed by atoms with E-state index in [1.54, 1.807) is 35.3 Å². The summed E-state index contributed by atoms with van der Waals surface area (Å²) in [7, 11) is 0. The fraction of sp³-hybridized carbons (Fsp3) is 0.267. The molecule has 0 saturated heterocycles. The third-order valence-electron chi connectivity index (χ3n) is 3.11. The highest BCUT2D eigenvalue weighted by molar-refractivity contribution is 5.95. The van der Waals surface area contributed by atoms with E-state index < -0.39 is 11.4 Å². The van der Waals surface area contributed by atoms with Gasteiger partial charge in [0.1, 0.15) is 0 Å². The lowest BCUT2D eigenvalue weighted by molar-refractivity contribution is -0.148. The molecule has 110 valence electrons. The molecular weight excluding hydrogens is 270 g/mol. The maximum absolute atomic E-state index is 12.1. The Morgan fingerprint density at radius 3 is 2.62 bits per heavy atom. The SMILES string of the molecule is CC(C)(CC(=O)Nc1ccccc1-n1cccn1)C(=O)O. The van der Waals surface area contributed by atoms with Gasteiger partial charge in [-0.25, -0.2) is 4.68 Å². The molecule has 0 aliphatic rings. The van der Waals surface area contributed by atoms with Gasteiger partial charge < -0.3 is 10.4 Å². The quantitative estimate of drug-likeness (QED) is 0.883. The van der Waals surface area contributed by atoms with Gasteiger partial charge in [-0.2, -0.15) is 5.10 Å². The Bertz CT molecular complexity index is 648. The average molecular weight is 287 g/mol. The number of hydrogen-bond donors (Lipinski definition) is 2. The number of hydrogen-bond acceptors (Lipinski definition) is 3. The summed E-state index contributed by atoms with van der Waals surface area (Å²) in [6.45, 7) is 3.04. The summed E-state index contributed by atoms with van der Waals surface area (Å²) >= 11 is 0. The van der Waals surface area contributed by atoms with E-state index in [2.05, 4.69) is 10.4 Å². The van der Waals surface area contributed by atoms with Crippen molar-refractivity contribution in [3.8, 4) is 5.69 Å². The second-order valence-electron chi connectivity index (χ2n) is 5.38. The number of nitrogens with one attached hydrogen (secondary N) is 1. The lowest BCUT2D eigenvalue weighted by Gasteiger charge is -2.19. The van der Waals surface area contributed by atoms with Gasteiger partial charge in [0, 0.05) is 18.8 Å². The van der Waals surface area contributed by atoms with Crippen LogP contribution < -0.4 is 5.32 Å². The van der Waals surface area contributed by atoms with Crippen LogP contribution in [0.15, 0.2) is 42.7 Å². The topological polar surface area (TPSA) is 84.2 Å². The molecule has 0 spiro atoms. The third kappa shape index (κ3) is 3.47. The predicted octanol–water partition coefficient (Wildman–Crippen LogP) is 2.31. The standard InChI is InChI=1S/C15H17N3O3/c1-15(2,14(20)21)10-13(19)17-11-6-3-4-7-12(11)18-9-5-8-16-18/h3-9H,10H2,1-2H3,(H,17,19)(H,20,21). The van der Waals surface area contributed by atoms with Crippen LogP contribution in [-0.4, -0.2) is 26.8 Å². The van der Waals surface area contributed by atoms with Crippen molar-refractivity contribution in [3.05, 3.63) is 42.7 Å². The minimum Gasteiger partial charge on any atom is -0.481 e. The maximum Gasteiger partial charge on any atom is 0.309 e. The van der Waals surface area contributed by atoms with Crippen LogP contribution >= 0.6 is 0 Å². The van der Waals surface area contributed by atoms with Crippen molar-refractivity contribution in [2.75, 3.05) is 5.32 Å². The van der Waals surface area contributed by atoms with E-state index in [4.69, 9.17) is 5.11 Å². The van der Waals surface area contributed by atoms with Crippen LogP contribution in [0.3, 0.4) is 0 Å². The fourth-order valence-corrected chi connectivity index (χ4v) is 1.86. The van der Waals surface area contributed by atoms with Crippen LogP contribution in [0.2, 0.25) is 0 Å². The van der Waals surface area contributed by atoms with Gasteiger partial charge in [0.2, 0.25) is 5.91 Å². The third-order valence-corrected chi connectivity index (χ3v) is 3.11. The van der Waals surface area contributed by atoms with Crippen LogP contribution in [0.1, 0.15) is 20.3 Å². The van der Waals surface area contributed by atoms with E-state index in [1.165, 1.54) is 13.8 Å². The van der Waals surface area contributed by atoms with Crippen LogP contribution in [0.25, 0.3) is 5.69 Å². The predicted molar refractivity (Wildman–Crippen MR) is 78.2 cm³/mol. The van der Waals surface area contributed by atoms with E-state index in [9.17, 15) is 9.59 Å². The average Bonchev–Trinajstić information content (AvgIpc) is 2.92. The van der Waals surface area contributed by atoms with Crippen molar-refractivity contribution < 1.29 is 14.7 Å². The zero-order valence-corrected chi connectivity index (χ0v) is 11.9. The van der Waals surface area contributed by atoms with Crippen LogP contribution in [0.4, 0.5) is 5.69 Å². The molecule has 0 saturated carbocycles. The summed E-state index contributed by atoms with van der Waals surface area (Å²) in [5.74, 6) is -1.35. The second-order valence-corrected chi connectivity index (χ2v) is 5.38. The zero-order chi connectivity index (χ0) is 15.5. The van der Waals surface area contributed by atoms with E-state index in [-0.39, 0.29) is 12.3 Å². The minimum atomic E-state index is -1.11. The molecule has 2 N–H and O–H groups in total. The number of rotatable bonds is 5. The highest BCUT2D eigenvalue weighted by atomic mass is 16.4. The van der Waals surface area contributed by atoms with Crippen molar-refractivity contribution in [1.29, 1.82) is 0 Å². The van der Waals surface area contributed by atoms with Gasteiger partial charge in [-0.1, -0.05) is 12.1 Å². The van der Waals surface area contributed by atoms with Gasteiger partial charge in [0.15, 0.2) is 0 Å². The van der Waals surface area contributed by atoms with E-state index >= 15 is 0 Å². The Morgan fingerprint density at radius 2 is 2.00 bits per heavy atom. The van der Waals surface area contributed by atoms with Gasteiger partial charge in [0.25, 0.3) is 0 Å². The summed E-state index contributed by atoms with van der Waals surface area (Å²) < 4.78 is 1.64. The Labute approximate surface area is 122 Å². The smallest absolute Gasteiger partial charge is 0.309 e.